The molecule has 1 rings (SSSR count). The average Bonchev–Trinajstić information content (AvgIpc) is 1.90. The van der Waals surface area contributed by atoms with E-state index in [2.05, 4.69) is 16.2 Å². The van der Waals surface area contributed by atoms with E-state index >= 15 is 0 Å². The second kappa shape index (κ2) is 2.48. The molecule has 0 atom stereocenters. The molecule has 0 spiro atoms. The maximum atomic E-state index is 11.6. The lowest BCUT2D eigenvalue weighted by molar-refractivity contribution is 0.145. The Morgan fingerprint density at radius 3 is 2.67 bits per heavy atom. The summed E-state index contributed by atoms with van der Waals surface area (Å²) in [5.74, 6) is 0. The SMILES string of the molecule is FC(F)c1cnc[c]n1. The number of hydrogen-bond donors (Lipinski definition) is 0. The van der Waals surface area contributed by atoms with Crippen LogP contribution in [0.25, 0.3) is 0 Å². The van der Waals surface area contributed by atoms with Gasteiger partial charge in [-0.15, -0.1) is 0 Å². The number of alkyl halides is 2. The molecule has 0 N–H and O–H groups in total. The van der Waals surface area contributed by atoms with Gasteiger partial charge in [0.05, 0.1) is 12.4 Å². The summed E-state index contributed by atoms with van der Waals surface area (Å²) in [7, 11) is 0. The van der Waals surface area contributed by atoms with Crippen molar-refractivity contribution in [3.63, 3.8) is 0 Å². The minimum atomic E-state index is -2.55. The predicted octanol–water partition coefficient (Wildman–Crippen LogP) is 1.21. The van der Waals surface area contributed by atoms with Gasteiger partial charge in [-0.25, -0.2) is 13.8 Å². The van der Waals surface area contributed by atoms with Crippen molar-refractivity contribution in [3.8, 4) is 0 Å². The normalized spacial score (nSPS) is 10.1. The van der Waals surface area contributed by atoms with Crippen molar-refractivity contribution >= 4 is 0 Å². The third-order valence-corrected chi connectivity index (χ3v) is 0.756. The first-order valence-electron chi connectivity index (χ1n) is 2.27. The standard InChI is InChI=1S/C5H3F2N2/c6-5(7)4-3-8-1-2-9-4/h1,3,5H. The van der Waals surface area contributed by atoms with Crippen molar-refractivity contribution in [2.75, 3.05) is 0 Å². The zero-order chi connectivity index (χ0) is 6.69. The number of nitrogens with zero attached hydrogens (tertiary/aromatic N) is 2. The first-order chi connectivity index (χ1) is 4.30. The highest BCUT2D eigenvalue weighted by Crippen LogP contribution is 2.12. The lowest BCUT2D eigenvalue weighted by Crippen LogP contribution is -1.88. The molecule has 0 unspecified atom stereocenters. The van der Waals surface area contributed by atoms with E-state index in [-0.39, 0.29) is 5.69 Å². The summed E-state index contributed by atoms with van der Waals surface area (Å²) in [6.45, 7) is 0. The van der Waals surface area contributed by atoms with Crippen molar-refractivity contribution in [2.24, 2.45) is 0 Å². The maximum absolute atomic E-state index is 11.6. The summed E-state index contributed by atoms with van der Waals surface area (Å²) < 4.78 is 23.3. The van der Waals surface area contributed by atoms with E-state index in [0.29, 0.717) is 0 Å². The molecule has 1 radical (unpaired) electrons. The smallest absolute Gasteiger partial charge is 0.260 e. The van der Waals surface area contributed by atoms with E-state index < -0.39 is 6.43 Å². The Bertz CT molecular complexity index is 176. The molecule has 0 aliphatic carbocycles. The molecule has 0 saturated heterocycles. The van der Waals surface area contributed by atoms with E-state index in [1.807, 2.05) is 0 Å². The molecule has 9 heavy (non-hydrogen) atoms. The summed E-state index contributed by atoms with van der Waals surface area (Å²) in [4.78, 5) is 6.65. The third kappa shape index (κ3) is 1.42. The first-order valence-corrected chi connectivity index (χ1v) is 2.27. The van der Waals surface area contributed by atoms with Crippen LogP contribution in [0.15, 0.2) is 12.4 Å². The van der Waals surface area contributed by atoms with Crippen LogP contribution in [-0.2, 0) is 0 Å². The number of hydrogen-bond acceptors (Lipinski definition) is 2. The number of aromatic nitrogens is 2. The van der Waals surface area contributed by atoms with Crippen molar-refractivity contribution < 1.29 is 8.78 Å². The highest BCUT2D eigenvalue weighted by atomic mass is 19.3. The van der Waals surface area contributed by atoms with Crippen molar-refractivity contribution in [1.29, 1.82) is 0 Å². The van der Waals surface area contributed by atoms with Gasteiger partial charge < -0.3 is 0 Å². The minimum Gasteiger partial charge on any atom is -0.260 e. The fraction of sp³-hybridized carbons (Fsp3) is 0.200. The fourth-order valence-electron chi connectivity index (χ4n) is 0.384. The van der Waals surface area contributed by atoms with Gasteiger partial charge in [0.15, 0.2) is 0 Å². The molecule has 0 amide bonds. The highest BCUT2D eigenvalue weighted by molar-refractivity contribution is 4.94. The lowest BCUT2D eigenvalue weighted by Gasteiger charge is -1.92. The second-order valence-electron chi connectivity index (χ2n) is 1.37. The molecule has 0 aliphatic rings. The molecule has 2 nitrogen and oxygen atoms in total. The molecule has 0 fully saturated rings. The van der Waals surface area contributed by atoms with Crippen molar-refractivity contribution in [2.45, 2.75) is 6.43 Å². The summed E-state index contributed by atoms with van der Waals surface area (Å²) in [5, 5.41) is 0. The number of halogens is 2. The van der Waals surface area contributed by atoms with Crippen LogP contribution >= 0.6 is 0 Å². The molecular formula is C5H3F2N2. The second-order valence-corrected chi connectivity index (χ2v) is 1.37. The Morgan fingerprint density at radius 2 is 2.33 bits per heavy atom. The molecule has 0 aromatic carbocycles. The molecule has 4 heteroatoms. The quantitative estimate of drug-likeness (QED) is 0.569. The van der Waals surface area contributed by atoms with Crippen LogP contribution in [0.5, 0.6) is 0 Å². The van der Waals surface area contributed by atoms with E-state index in [1.54, 1.807) is 0 Å². The van der Waals surface area contributed by atoms with Crippen molar-refractivity contribution in [3.05, 3.63) is 24.3 Å². The summed E-state index contributed by atoms with van der Waals surface area (Å²) in [5.41, 5.74) is -0.336. The van der Waals surface area contributed by atoms with Crippen LogP contribution < -0.4 is 0 Å². The van der Waals surface area contributed by atoms with Crippen LogP contribution in [-0.4, -0.2) is 9.97 Å². The molecule has 0 aliphatic heterocycles. The van der Waals surface area contributed by atoms with Gasteiger partial charge in [0, 0.05) is 0 Å². The van der Waals surface area contributed by atoms with Crippen LogP contribution in [0.1, 0.15) is 12.1 Å². The van der Waals surface area contributed by atoms with E-state index in [9.17, 15) is 8.78 Å². The van der Waals surface area contributed by atoms with Crippen LogP contribution in [0, 0.1) is 6.20 Å². The molecule has 0 bridgehead atoms. The molecule has 47 valence electrons. The zero-order valence-corrected chi connectivity index (χ0v) is 4.38. The van der Waals surface area contributed by atoms with Crippen molar-refractivity contribution in [1.82, 2.24) is 9.97 Å². The first kappa shape index (κ1) is 6.07. The van der Waals surface area contributed by atoms with Gasteiger partial charge in [0.2, 0.25) is 0 Å². The third-order valence-electron chi connectivity index (χ3n) is 0.756. The Balaban J connectivity index is 2.85. The monoisotopic (exact) mass is 129 g/mol. The molecular weight excluding hydrogens is 126 g/mol. The summed E-state index contributed by atoms with van der Waals surface area (Å²) >= 11 is 0. The van der Waals surface area contributed by atoms with E-state index in [1.165, 1.54) is 6.20 Å². The topological polar surface area (TPSA) is 25.8 Å². The van der Waals surface area contributed by atoms with Gasteiger partial charge in [-0.1, -0.05) is 0 Å². The van der Waals surface area contributed by atoms with Gasteiger partial charge in [-0.3, -0.25) is 4.98 Å². The molecule has 1 aromatic rings. The minimum absolute atomic E-state index is 0.336. The molecule has 1 heterocycles. The zero-order valence-electron chi connectivity index (χ0n) is 4.38. The fourth-order valence-corrected chi connectivity index (χ4v) is 0.384. The molecule has 0 saturated carbocycles. The maximum Gasteiger partial charge on any atom is 0.281 e. The van der Waals surface area contributed by atoms with Gasteiger partial charge in [-0.05, 0) is 0 Å². The number of rotatable bonds is 1. The summed E-state index contributed by atoms with van der Waals surface area (Å²) in [6.07, 6.45) is 1.90. The lowest BCUT2D eigenvalue weighted by atomic mass is 10.5. The Hall–Kier alpha value is -1.06. The van der Waals surface area contributed by atoms with E-state index in [4.69, 9.17) is 0 Å². The van der Waals surface area contributed by atoms with Crippen LogP contribution in [0.3, 0.4) is 0 Å². The van der Waals surface area contributed by atoms with Crippen LogP contribution in [0.4, 0.5) is 8.78 Å². The Kier molecular flexibility index (Phi) is 1.67. The van der Waals surface area contributed by atoms with Crippen LogP contribution in [0.2, 0.25) is 0 Å². The largest absolute Gasteiger partial charge is 0.281 e. The van der Waals surface area contributed by atoms with Gasteiger partial charge in [0.25, 0.3) is 6.43 Å². The molecule has 1 aromatic heterocycles. The highest BCUT2D eigenvalue weighted by Gasteiger charge is 2.06. The predicted molar refractivity (Wildman–Crippen MR) is 25.8 cm³/mol. The Labute approximate surface area is 50.6 Å². The van der Waals surface area contributed by atoms with E-state index in [0.717, 1.165) is 6.20 Å². The van der Waals surface area contributed by atoms with Gasteiger partial charge in [-0.2, -0.15) is 0 Å². The summed E-state index contributed by atoms with van der Waals surface area (Å²) in [6, 6.07) is 0. The average molecular weight is 129 g/mol. The Morgan fingerprint density at radius 1 is 1.56 bits per heavy atom. The van der Waals surface area contributed by atoms with Gasteiger partial charge >= 0.3 is 0 Å². The van der Waals surface area contributed by atoms with Gasteiger partial charge in [0.1, 0.15) is 11.9 Å².